The lowest BCUT2D eigenvalue weighted by Gasteiger charge is -2.19. The summed E-state index contributed by atoms with van der Waals surface area (Å²) < 4.78 is 29.9. The van der Waals surface area contributed by atoms with Gasteiger partial charge in [-0.2, -0.15) is 0 Å². The average molecular weight is 653 g/mol. The quantitative estimate of drug-likeness (QED) is 0.105. The predicted molar refractivity (Wildman–Crippen MR) is 180 cm³/mol. The summed E-state index contributed by atoms with van der Waals surface area (Å²) in [5.74, 6) is -0.702. The Kier molecular flexibility index (Phi) is 11.8. The van der Waals surface area contributed by atoms with Gasteiger partial charge in [0.15, 0.2) is 0 Å². The van der Waals surface area contributed by atoms with Crippen LogP contribution in [0.2, 0.25) is 0 Å². The summed E-state index contributed by atoms with van der Waals surface area (Å²) in [6.07, 6.45) is -1.25. The zero-order valence-corrected chi connectivity index (χ0v) is 26.5. The number of amides is 3. The highest BCUT2D eigenvalue weighted by atomic mass is 19.1. The lowest BCUT2D eigenvalue weighted by Crippen LogP contribution is -2.47. The fourth-order valence-corrected chi connectivity index (χ4v) is 5.12. The molecule has 5 aromatic rings. The summed E-state index contributed by atoms with van der Waals surface area (Å²) in [5, 5.41) is 9.11. The minimum atomic E-state index is -0.671. The Hall–Kier alpha value is -5.68. The van der Waals surface area contributed by atoms with Crippen molar-refractivity contribution in [1.29, 1.82) is 0 Å². The smallest absolute Gasteiger partial charge is 0.407 e. The molecule has 1 heterocycles. The van der Waals surface area contributed by atoms with Crippen LogP contribution in [0.4, 0.5) is 14.0 Å². The Bertz CT molecular complexity index is 1810. The zero-order chi connectivity index (χ0) is 33.7. The van der Waals surface area contributed by atoms with Crippen LogP contribution in [0.1, 0.15) is 27.2 Å². The summed E-state index contributed by atoms with van der Waals surface area (Å²) in [7, 11) is 0. The van der Waals surface area contributed by atoms with Crippen molar-refractivity contribution in [3.05, 3.63) is 131 Å². The number of aromatic amines is 1. The average Bonchev–Trinajstić information content (AvgIpc) is 3.46. The van der Waals surface area contributed by atoms with Gasteiger partial charge in [0.25, 0.3) is 5.91 Å². The minimum absolute atomic E-state index is 0.0296. The Morgan fingerprint density at radius 1 is 0.771 bits per heavy atom. The van der Waals surface area contributed by atoms with E-state index < -0.39 is 18.2 Å². The maximum absolute atomic E-state index is 13.6. The molecule has 0 radical (unpaired) electrons. The zero-order valence-electron chi connectivity index (χ0n) is 26.5. The molecule has 248 valence electrons. The number of halogens is 1. The van der Waals surface area contributed by atoms with E-state index >= 15 is 0 Å². The lowest BCUT2D eigenvalue weighted by atomic mass is 9.99. The topological polar surface area (TPSA) is 131 Å². The standard InChI is InChI=1S/C37H37FN4O6/c1-25-33-31(28-15-17-29(38)18-16-28)13-8-14-32(33)42-34(25)35(43)40-21-30(41-37(45)48-23-27-11-6-3-7-12-27)24-46-20-19-39-36(44)47-22-26-9-4-2-5-10-26/h2-18,30,42H,19-24H2,1H3,(H,39,44)(H,40,43)(H,41,45)/t30-/m1/s1. The molecule has 48 heavy (non-hydrogen) atoms. The van der Waals surface area contributed by atoms with E-state index in [2.05, 4.69) is 20.9 Å². The van der Waals surface area contributed by atoms with Crippen LogP contribution in [0, 0.1) is 12.7 Å². The van der Waals surface area contributed by atoms with E-state index in [1.807, 2.05) is 85.8 Å². The van der Waals surface area contributed by atoms with Crippen LogP contribution in [0.5, 0.6) is 0 Å². The van der Waals surface area contributed by atoms with Crippen molar-refractivity contribution in [1.82, 2.24) is 20.9 Å². The number of aryl methyl sites for hydroxylation is 1. The van der Waals surface area contributed by atoms with Crippen LogP contribution in [-0.2, 0) is 27.4 Å². The number of benzene rings is 4. The number of hydrogen-bond donors (Lipinski definition) is 4. The highest BCUT2D eigenvalue weighted by molar-refractivity contribution is 6.05. The number of nitrogens with one attached hydrogen (secondary N) is 4. The third-order valence-corrected chi connectivity index (χ3v) is 7.55. The number of carbonyl (C=O) groups excluding carboxylic acids is 3. The molecular formula is C37H37FN4O6. The van der Waals surface area contributed by atoms with E-state index in [-0.39, 0.29) is 51.2 Å². The summed E-state index contributed by atoms with van der Waals surface area (Å²) >= 11 is 0. The van der Waals surface area contributed by atoms with Gasteiger partial charge >= 0.3 is 12.2 Å². The van der Waals surface area contributed by atoms with E-state index in [0.29, 0.717) is 5.69 Å². The number of H-pyrrole nitrogens is 1. The van der Waals surface area contributed by atoms with Gasteiger partial charge in [0.05, 0.1) is 19.3 Å². The number of aromatic nitrogens is 1. The number of alkyl carbamates (subject to hydrolysis) is 2. The molecule has 3 amide bonds. The molecule has 0 spiro atoms. The van der Waals surface area contributed by atoms with Crippen molar-refractivity contribution in [2.45, 2.75) is 26.2 Å². The Labute approximate surface area is 277 Å². The van der Waals surface area contributed by atoms with Gasteiger partial charge < -0.3 is 35.1 Å². The Morgan fingerprint density at radius 3 is 2.08 bits per heavy atom. The number of carbonyl (C=O) groups is 3. The highest BCUT2D eigenvalue weighted by Gasteiger charge is 2.20. The molecule has 4 aromatic carbocycles. The highest BCUT2D eigenvalue weighted by Crippen LogP contribution is 2.32. The van der Waals surface area contributed by atoms with Crippen LogP contribution >= 0.6 is 0 Å². The molecule has 0 aliphatic heterocycles. The molecule has 1 atom stereocenters. The Balaban J connectivity index is 1.17. The van der Waals surface area contributed by atoms with Gasteiger partial charge in [0.2, 0.25) is 0 Å². The van der Waals surface area contributed by atoms with Crippen molar-refractivity contribution >= 4 is 29.0 Å². The first-order chi connectivity index (χ1) is 23.4. The molecule has 0 aliphatic carbocycles. The van der Waals surface area contributed by atoms with Crippen LogP contribution in [0.15, 0.2) is 103 Å². The van der Waals surface area contributed by atoms with Crippen LogP contribution < -0.4 is 16.0 Å². The number of ether oxygens (including phenoxy) is 3. The van der Waals surface area contributed by atoms with E-state index in [9.17, 15) is 18.8 Å². The molecule has 11 heteroatoms. The third-order valence-electron chi connectivity index (χ3n) is 7.55. The number of fused-ring (bicyclic) bond motifs is 1. The monoisotopic (exact) mass is 652 g/mol. The van der Waals surface area contributed by atoms with Crippen molar-refractivity contribution in [3.63, 3.8) is 0 Å². The molecule has 0 unspecified atom stereocenters. The second-order valence-corrected chi connectivity index (χ2v) is 11.0. The van der Waals surface area contributed by atoms with Crippen LogP contribution in [0.3, 0.4) is 0 Å². The maximum Gasteiger partial charge on any atom is 0.407 e. The van der Waals surface area contributed by atoms with Crippen molar-refractivity contribution in [2.24, 2.45) is 0 Å². The van der Waals surface area contributed by atoms with Gasteiger partial charge in [-0.3, -0.25) is 4.79 Å². The molecule has 0 saturated heterocycles. The summed E-state index contributed by atoms with van der Waals surface area (Å²) in [6, 6.07) is 29.8. The van der Waals surface area contributed by atoms with Crippen molar-refractivity contribution in [3.8, 4) is 11.1 Å². The third kappa shape index (κ3) is 9.43. The van der Waals surface area contributed by atoms with E-state index in [1.54, 1.807) is 12.1 Å². The molecule has 0 aliphatic rings. The molecule has 10 nitrogen and oxygen atoms in total. The van der Waals surface area contributed by atoms with Gasteiger partial charge in [-0.25, -0.2) is 14.0 Å². The molecule has 4 N–H and O–H groups in total. The fourth-order valence-electron chi connectivity index (χ4n) is 5.12. The summed E-state index contributed by atoms with van der Waals surface area (Å²) in [4.78, 5) is 41.3. The number of rotatable bonds is 14. The van der Waals surface area contributed by atoms with Crippen molar-refractivity contribution in [2.75, 3.05) is 26.3 Å². The van der Waals surface area contributed by atoms with E-state index in [1.165, 1.54) is 12.1 Å². The first kappa shape index (κ1) is 33.7. The second kappa shape index (κ2) is 16.8. The largest absolute Gasteiger partial charge is 0.445 e. The summed E-state index contributed by atoms with van der Waals surface area (Å²) in [5.41, 5.74) is 5.25. The maximum atomic E-state index is 13.6. The first-order valence-corrected chi connectivity index (χ1v) is 15.5. The molecule has 0 saturated carbocycles. The predicted octanol–water partition coefficient (Wildman–Crippen LogP) is 6.25. The SMILES string of the molecule is Cc1c(C(=O)NC[C@H](COCCNC(=O)OCc2ccccc2)NC(=O)OCc2ccccc2)[nH]c2cccc(-c3ccc(F)cc3)c12. The molecule has 1 aromatic heterocycles. The fraction of sp³-hybridized carbons (Fsp3) is 0.216. The summed E-state index contributed by atoms with van der Waals surface area (Å²) in [6.45, 7) is 2.44. The molecule has 0 bridgehead atoms. The van der Waals surface area contributed by atoms with E-state index in [0.717, 1.165) is 38.7 Å². The first-order valence-electron chi connectivity index (χ1n) is 15.5. The molecule has 5 rings (SSSR count). The second-order valence-electron chi connectivity index (χ2n) is 11.0. The van der Waals surface area contributed by atoms with Gasteiger partial charge in [-0.1, -0.05) is 84.9 Å². The van der Waals surface area contributed by atoms with Gasteiger partial charge in [0, 0.05) is 24.0 Å². The number of hydrogen-bond acceptors (Lipinski definition) is 6. The molecular weight excluding hydrogens is 615 g/mol. The van der Waals surface area contributed by atoms with Crippen molar-refractivity contribution < 1.29 is 33.0 Å². The van der Waals surface area contributed by atoms with Gasteiger partial charge in [-0.05, 0) is 52.9 Å². The molecule has 0 fully saturated rings. The van der Waals surface area contributed by atoms with Gasteiger partial charge in [-0.15, -0.1) is 0 Å². The lowest BCUT2D eigenvalue weighted by molar-refractivity contribution is 0.0865. The minimum Gasteiger partial charge on any atom is -0.445 e. The van der Waals surface area contributed by atoms with Crippen LogP contribution in [-0.4, -0.2) is 55.4 Å². The van der Waals surface area contributed by atoms with Crippen LogP contribution in [0.25, 0.3) is 22.0 Å². The normalized spacial score (nSPS) is 11.5. The van der Waals surface area contributed by atoms with Gasteiger partial charge in [0.1, 0.15) is 24.7 Å². The Morgan fingerprint density at radius 2 is 1.42 bits per heavy atom. The van der Waals surface area contributed by atoms with E-state index in [4.69, 9.17) is 14.2 Å².